The van der Waals surface area contributed by atoms with E-state index in [4.69, 9.17) is 0 Å². The van der Waals surface area contributed by atoms with Crippen molar-refractivity contribution in [2.24, 2.45) is 0 Å². The second-order valence-electron chi connectivity index (χ2n) is 5.39. The zero-order chi connectivity index (χ0) is 12.8. The maximum atomic E-state index is 3.68. The van der Waals surface area contributed by atoms with E-state index in [1.165, 1.54) is 37.8 Å². The molecule has 0 amide bonds. The van der Waals surface area contributed by atoms with Gasteiger partial charge in [0.25, 0.3) is 0 Å². The molecule has 0 unspecified atom stereocenters. The van der Waals surface area contributed by atoms with Crippen molar-refractivity contribution < 1.29 is 0 Å². The van der Waals surface area contributed by atoms with Crippen molar-refractivity contribution in [2.75, 3.05) is 12.8 Å². The third-order valence-electron chi connectivity index (χ3n) is 4.09. The lowest BCUT2D eigenvalue weighted by molar-refractivity contribution is 0.519. The molecule has 102 valence electrons. The molecule has 1 aliphatic rings. The van der Waals surface area contributed by atoms with E-state index < -0.39 is 0 Å². The molecule has 0 aliphatic heterocycles. The molecule has 0 bridgehead atoms. The van der Waals surface area contributed by atoms with E-state index in [-0.39, 0.29) is 0 Å². The second kappa shape index (κ2) is 6.67. The van der Waals surface area contributed by atoms with Crippen molar-refractivity contribution in [2.45, 2.75) is 56.9 Å². The first-order valence-electron chi connectivity index (χ1n) is 7.19. The van der Waals surface area contributed by atoms with Crippen molar-refractivity contribution in [1.82, 2.24) is 9.88 Å². The molecule has 0 radical (unpaired) electrons. The van der Waals surface area contributed by atoms with Crippen molar-refractivity contribution >= 4 is 11.8 Å². The van der Waals surface area contributed by atoms with Crippen molar-refractivity contribution in [3.05, 3.63) is 24.0 Å². The summed E-state index contributed by atoms with van der Waals surface area (Å²) in [5, 5.41) is 3.68. The highest BCUT2D eigenvalue weighted by atomic mass is 32.2. The monoisotopic (exact) mass is 266 g/mol. The number of thioether (sulfide) groups is 1. The lowest BCUT2D eigenvalue weighted by Gasteiger charge is -2.27. The Morgan fingerprint density at radius 1 is 1.39 bits per heavy atom. The van der Waals surface area contributed by atoms with E-state index in [2.05, 4.69) is 53.2 Å². The molecule has 2 nitrogen and oxygen atoms in total. The first-order valence-corrected chi connectivity index (χ1v) is 8.42. The summed E-state index contributed by atoms with van der Waals surface area (Å²) in [5.41, 5.74) is 1.42. The molecule has 1 fully saturated rings. The van der Waals surface area contributed by atoms with Crippen LogP contribution in [0, 0.1) is 0 Å². The molecule has 1 aromatic rings. The van der Waals surface area contributed by atoms with E-state index in [1.807, 2.05) is 0 Å². The average molecular weight is 266 g/mol. The lowest BCUT2D eigenvalue weighted by Crippen LogP contribution is -2.35. The number of aryl methyl sites for hydroxylation is 1. The van der Waals surface area contributed by atoms with Gasteiger partial charge in [-0.3, -0.25) is 0 Å². The van der Waals surface area contributed by atoms with Gasteiger partial charge in [-0.2, -0.15) is 11.8 Å². The standard InChI is InChI=1S/C15H26N2S/c1-3-10-17-11-6-7-14(17)12-16-13-15(18-2)8-4-5-9-15/h6-7,11,16H,3-5,8-10,12-13H2,1-2H3. The summed E-state index contributed by atoms with van der Waals surface area (Å²) < 4.78 is 2.88. The van der Waals surface area contributed by atoms with Crippen molar-refractivity contribution in [1.29, 1.82) is 0 Å². The zero-order valence-electron chi connectivity index (χ0n) is 11.7. The number of nitrogens with one attached hydrogen (secondary N) is 1. The van der Waals surface area contributed by atoms with E-state index >= 15 is 0 Å². The predicted octanol–water partition coefficient (Wildman–Crippen LogP) is 3.66. The predicted molar refractivity (Wildman–Crippen MR) is 81.1 cm³/mol. The van der Waals surface area contributed by atoms with Gasteiger partial charge < -0.3 is 9.88 Å². The molecule has 0 saturated heterocycles. The third kappa shape index (κ3) is 3.33. The summed E-state index contributed by atoms with van der Waals surface area (Å²) in [6.45, 7) is 5.54. The van der Waals surface area contributed by atoms with E-state index in [1.54, 1.807) is 0 Å². The summed E-state index contributed by atoms with van der Waals surface area (Å²) in [6.07, 6.45) is 11.3. The smallest absolute Gasteiger partial charge is 0.0359 e. The van der Waals surface area contributed by atoms with Crippen LogP contribution in [0.2, 0.25) is 0 Å². The van der Waals surface area contributed by atoms with Crippen LogP contribution in [-0.4, -0.2) is 22.1 Å². The van der Waals surface area contributed by atoms with Gasteiger partial charge in [0.15, 0.2) is 0 Å². The van der Waals surface area contributed by atoms with E-state index in [0.717, 1.165) is 19.6 Å². The quantitative estimate of drug-likeness (QED) is 0.811. The molecule has 1 saturated carbocycles. The van der Waals surface area contributed by atoms with E-state index in [9.17, 15) is 0 Å². The SMILES string of the molecule is CCCn1cccc1CNCC1(SC)CCCC1. The Balaban J connectivity index is 1.82. The van der Waals surface area contributed by atoms with Crippen LogP contribution < -0.4 is 5.32 Å². The number of nitrogens with zero attached hydrogens (tertiary/aromatic N) is 1. The van der Waals surface area contributed by atoms with E-state index in [0.29, 0.717) is 4.75 Å². The first kappa shape index (κ1) is 14.0. The molecule has 1 N–H and O–H groups in total. The normalized spacial score (nSPS) is 18.3. The van der Waals surface area contributed by atoms with Gasteiger partial charge in [0.05, 0.1) is 0 Å². The molecule has 0 spiro atoms. The molecule has 1 heterocycles. The van der Waals surface area contributed by atoms with Gasteiger partial charge in [0.1, 0.15) is 0 Å². The fraction of sp³-hybridized carbons (Fsp3) is 0.733. The van der Waals surface area contributed by atoms with Crippen molar-refractivity contribution in [3.8, 4) is 0 Å². The topological polar surface area (TPSA) is 17.0 Å². The number of hydrogen-bond acceptors (Lipinski definition) is 2. The van der Waals surface area contributed by atoms with Crippen LogP contribution in [0.3, 0.4) is 0 Å². The number of rotatable bonds is 7. The third-order valence-corrected chi connectivity index (χ3v) is 5.51. The van der Waals surface area contributed by atoms with Crippen molar-refractivity contribution in [3.63, 3.8) is 0 Å². The average Bonchev–Trinajstić information content (AvgIpc) is 3.01. The molecule has 0 aromatic carbocycles. The molecule has 1 aliphatic carbocycles. The van der Waals surface area contributed by atoms with Gasteiger partial charge >= 0.3 is 0 Å². The molecular formula is C15H26N2S. The Labute approximate surface area is 116 Å². The highest BCUT2D eigenvalue weighted by molar-refractivity contribution is 8.00. The highest BCUT2D eigenvalue weighted by Crippen LogP contribution is 2.39. The Kier molecular flexibility index (Phi) is 5.19. The summed E-state index contributed by atoms with van der Waals surface area (Å²) in [7, 11) is 0. The highest BCUT2D eigenvalue weighted by Gasteiger charge is 2.32. The summed E-state index contributed by atoms with van der Waals surface area (Å²) in [4.78, 5) is 0. The summed E-state index contributed by atoms with van der Waals surface area (Å²) in [6, 6.07) is 4.40. The molecular weight excluding hydrogens is 240 g/mol. The maximum absolute atomic E-state index is 3.68. The van der Waals surface area contributed by atoms with Gasteiger partial charge in [-0.05, 0) is 37.7 Å². The van der Waals surface area contributed by atoms with Crippen LogP contribution in [0.1, 0.15) is 44.7 Å². The first-order chi connectivity index (χ1) is 8.79. The molecule has 1 aromatic heterocycles. The van der Waals surface area contributed by atoms with Gasteiger partial charge in [-0.25, -0.2) is 0 Å². The Hall–Kier alpha value is -0.410. The van der Waals surface area contributed by atoms with Gasteiger partial charge in [0, 0.05) is 36.3 Å². The van der Waals surface area contributed by atoms with Crippen LogP contribution in [0.25, 0.3) is 0 Å². The lowest BCUT2D eigenvalue weighted by atomic mass is 10.1. The fourth-order valence-corrected chi connectivity index (χ4v) is 3.90. The van der Waals surface area contributed by atoms with Gasteiger partial charge in [0.2, 0.25) is 0 Å². The molecule has 0 atom stereocenters. The Bertz CT molecular complexity index is 353. The largest absolute Gasteiger partial charge is 0.350 e. The summed E-state index contributed by atoms with van der Waals surface area (Å²) in [5.74, 6) is 0. The maximum Gasteiger partial charge on any atom is 0.0359 e. The zero-order valence-corrected chi connectivity index (χ0v) is 12.6. The van der Waals surface area contributed by atoms with Crippen LogP contribution in [-0.2, 0) is 13.1 Å². The second-order valence-corrected chi connectivity index (χ2v) is 6.66. The van der Waals surface area contributed by atoms with Gasteiger partial charge in [-0.15, -0.1) is 0 Å². The minimum Gasteiger partial charge on any atom is -0.350 e. The molecule has 2 rings (SSSR count). The molecule has 3 heteroatoms. The Morgan fingerprint density at radius 2 is 2.17 bits per heavy atom. The Morgan fingerprint density at radius 3 is 2.83 bits per heavy atom. The summed E-state index contributed by atoms with van der Waals surface area (Å²) >= 11 is 2.06. The fourth-order valence-electron chi connectivity index (χ4n) is 2.96. The van der Waals surface area contributed by atoms with Crippen LogP contribution in [0.15, 0.2) is 18.3 Å². The minimum atomic E-state index is 0.516. The number of aromatic nitrogens is 1. The molecule has 18 heavy (non-hydrogen) atoms. The van der Waals surface area contributed by atoms with Crippen LogP contribution in [0.4, 0.5) is 0 Å². The van der Waals surface area contributed by atoms with Crippen LogP contribution >= 0.6 is 11.8 Å². The van der Waals surface area contributed by atoms with Crippen LogP contribution in [0.5, 0.6) is 0 Å². The minimum absolute atomic E-state index is 0.516. The number of hydrogen-bond donors (Lipinski definition) is 1. The van der Waals surface area contributed by atoms with Gasteiger partial charge in [-0.1, -0.05) is 19.8 Å².